The molecule has 2 aromatic rings. The molecule has 6 atom stereocenters. The number of anilines is 1. The van der Waals surface area contributed by atoms with Crippen LogP contribution in [-0.4, -0.2) is 57.8 Å². The number of Topliss-reactive ketones (excluding diaryl/α,β-unsaturated/α-hetero) is 1. The first kappa shape index (κ1) is 34.0. The summed E-state index contributed by atoms with van der Waals surface area (Å²) < 4.78 is 42.1. The smallest absolute Gasteiger partial charge is 0.264 e. The van der Waals surface area contributed by atoms with Gasteiger partial charge in [-0.3, -0.25) is 4.79 Å². The number of benzene rings is 2. The molecule has 1 amide bonds. The van der Waals surface area contributed by atoms with E-state index in [-0.39, 0.29) is 34.7 Å². The number of halogens is 1. The Morgan fingerprint density at radius 1 is 1.17 bits per heavy atom. The van der Waals surface area contributed by atoms with Crippen LogP contribution in [0.2, 0.25) is 5.02 Å². The molecular formula is C37H47ClN2O6S. The Bertz CT molecular complexity index is 1640. The second-order valence-corrected chi connectivity index (χ2v) is 16.7. The minimum atomic E-state index is -3.94. The molecule has 1 fully saturated rings. The Hall–Kier alpha value is -2.88. The number of hydrogen-bond acceptors (Lipinski definition) is 7. The summed E-state index contributed by atoms with van der Waals surface area (Å²) in [6.45, 7) is 7.60. The molecule has 2 bridgehead atoms. The van der Waals surface area contributed by atoms with Gasteiger partial charge in [-0.2, -0.15) is 0 Å². The lowest BCUT2D eigenvalue weighted by Gasteiger charge is -2.46. The first-order valence-corrected chi connectivity index (χ1v) is 19.0. The van der Waals surface area contributed by atoms with Gasteiger partial charge in [0.25, 0.3) is 5.91 Å². The van der Waals surface area contributed by atoms with E-state index in [1.54, 1.807) is 26.0 Å². The van der Waals surface area contributed by atoms with Crippen LogP contribution >= 0.6 is 11.6 Å². The normalized spacial score (nSPS) is 30.9. The van der Waals surface area contributed by atoms with Crippen molar-refractivity contribution in [1.29, 1.82) is 0 Å². The number of nitrogens with zero attached hydrogens (tertiary/aromatic N) is 1. The third kappa shape index (κ3) is 7.27. The van der Waals surface area contributed by atoms with Gasteiger partial charge in [-0.1, -0.05) is 36.7 Å². The zero-order valence-electron chi connectivity index (χ0n) is 27.7. The molecule has 47 heavy (non-hydrogen) atoms. The molecule has 2 aliphatic carbocycles. The summed E-state index contributed by atoms with van der Waals surface area (Å²) in [7, 11) is -3.94. The van der Waals surface area contributed by atoms with Gasteiger partial charge in [0.05, 0.1) is 23.6 Å². The van der Waals surface area contributed by atoms with Gasteiger partial charge in [0.15, 0.2) is 0 Å². The van der Waals surface area contributed by atoms with Gasteiger partial charge in [0.2, 0.25) is 10.0 Å². The first-order chi connectivity index (χ1) is 22.5. The maximum absolute atomic E-state index is 13.5. The molecule has 0 unspecified atom stereocenters. The number of allylic oxidation sites excluding steroid dienone is 1. The summed E-state index contributed by atoms with van der Waals surface area (Å²) in [5, 5.41) is -0.0477. The molecular weight excluding hydrogens is 636 g/mol. The van der Waals surface area contributed by atoms with Crippen molar-refractivity contribution in [2.75, 3.05) is 31.2 Å². The molecule has 2 heterocycles. The fraction of sp³-hybridized carbons (Fsp3) is 0.568. The highest BCUT2D eigenvalue weighted by atomic mass is 35.5. The zero-order chi connectivity index (χ0) is 33.3. The van der Waals surface area contributed by atoms with E-state index in [2.05, 4.69) is 27.8 Å². The van der Waals surface area contributed by atoms with Crippen molar-refractivity contribution >= 4 is 39.0 Å². The van der Waals surface area contributed by atoms with Crippen LogP contribution in [0.4, 0.5) is 5.69 Å². The number of nitrogens with one attached hydrogen (secondary N) is 1. The van der Waals surface area contributed by atoms with Crippen LogP contribution in [0.3, 0.4) is 0 Å². The Labute approximate surface area is 284 Å². The van der Waals surface area contributed by atoms with Crippen molar-refractivity contribution < 1.29 is 27.5 Å². The Morgan fingerprint density at radius 2 is 2.00 bits per heavy atom. The molecule has 0 radical (unpaired) electrons. The largest absolute Gasteiger partial charge is 0.490 e. The molecule has 6 rings (SSSR count). The van der Waals surface area contributed by atoms with E-state index >= 15 is 0 Å². The number of rotatable bonds is 5. The highest BCUT2D eigenvalue weighted by Gasteiger charge is 2.44. The number of aryl methyl sites for hydroxylation is 1. The van der Waals surface area contributed by atoms with Crippen LogP contribution in [-0.2, 0) is 31.4 Å². The Morgan fingerprint density at radius 3 is 2.77 bits per heavy atom. The number of sulfonamides is 1. The topological polar surface area (TPSA) is 102 Å². The van der Waals surface area contributed by atoms with Gasteiger partial charge in [-0.05, 0) is 118 Å². The van der Waals surface area contributed by atoms with E-state index in [1.165, 1.54) is 11.1 Å². The van der Waals surface area contributed by atoms with Crippen LogP contribution in [0.15, 0.2) is 48.6 Å². The summed E-state index contributed by atoms with van der Waals surface area (Å²) in [4.78, 5) is 27.4. The maximum Gasteiger partial charge on any atom is 0.264 e. The minimum Gasteiger partial charge on any atom is -0.490 e. The van der Waals surface area contributed by atoms with Crippen molar-refractivity contribution in [1.82, 2.24) is 4.72 Å². The monoisotopic (exact) mass is 682 g/mol. The number of amides is 1. The molecule has 1 saturated carbocycles. The van der Waals surface area contributed by atoms with Gasteiger partial charge >= 0.3 is 0 Å². The molecule has 8 nitrogen and oxygen atoms in total. The highest BCUT2D eigenvalue weighted by Crippen LogP contribution is 2.47. The second kappa shape index (κ2) is 13.9. The average molecular weight is 683 g/mol. The molecule has 4 aliphatic rings. The Balaban J connectivity index is 1.39. The minimum absolute atomic E-state index is 0.132. The van der Waals surface area contributed by atoms with E-state index in [1.807, 2.05) is 25.1 Å². The number of ketones is 1. The predicted molar refractivity (Wildman–Crippen MR) is 185 cm³/mol. The number of carbonyl (C=O) groups is 2. The summed E-state index contributed by atoms with van der Waals surface area (Å²) in [5.74, 6) is 0.614. The van der Waals surface area contributed by atoms with Crippen LogP contribution in [0.1, 0.15) is 87.2 Å². The maximum atomic E-state index is 13.5. The number of carbonyl (C=O) groups excluding carboxylic acids is 2. The third-order valence-corrected chi connectivity index (χ3v) is 13.1. The van der Waals surface area contributed by atoms with Gasteiger partial charge in [0, 0.05) is 42.1 Å². The van der Waals surface area contributed by atoms with Gasteiger partial charge in [0.1, 0.15) is 11.5 Å². The lowest BCUT2D eigenvalue weighted by atomic mass is 9.68. The molecule has 10 heteroatoms. The quantitative estimate of drug-likeness (QED) is 0.279. The molecule has 0 saturated heterocycles. The molecule has 1 N–H and O–H groups in total. The molecule has 1 spiro atoms. The van der Waals surface area contributed by atoms with Crippen LogP contribution in [0.25, 0.3) is 0 Å². The lowest BCUT2D eigenvalue weighted by molar-refractivity contribution is -0.117. The summed E-state index contributed by atoms with van der Waals surface area (Å²) in [6.07, 6.45) is 10.8. The van der Waals surface area contributed by atoms with E-state index in [0.29, 0.717) is 50.7 Å². The highest BCUT2D eigenvalue weighted by molar-refractivity contribution is 7.90. The van der Waals surface area contributed by atoms with Crippen molar-refractivity contribution in [3.8, 4) is 5.75 Å². The van der Waals surface area contributed by atoms with Crippen molar-refractivity contribution in [3.63, 3.8) is 0 Å². The molecule has 0 aromatic heterocycles. The SMILES string of the molecule is CC(=O)CCCO[C@H]1/C=C/C[C@H](C)[C@@H](C)S(=O)(=O)NC(=O)c2ccc3c(c2)N(C[C@@H]2CC[C@H]21)C[C@@]1(CCCc2cc(Cl)ccc21)CO3. The van der Waals surface area contributed by atoms with Gasteiger partial charge in [-0.15, -0.1) is 0 Å². The molecule has 2 aliphatic heterocycles. The van der Waals surface area contributed by atoms with Crippen molar-refractivity contribution in [2.24, 2.45) is 17.8 Å². The van der Waals surface area contributed by atoms with Gasteiger partial charge < -0.3 is 19.2 Å². The standard InChI is InChI=1S/C37H47ClN2O6S/c1-24-7-4-10-34(45-18-6-8-25(2)41)31-14-11-29(31)21-40-22-37(17-5-9-27-19-30(38)13-15-32(27)37)23-46-35-16-12-28(20-33(35)40)36(42)39-47(43,44)26(24)3/h4,10,12-13,15-16,19-20,24,26,29,31,34H,5-9,11,14,17-18,21-23H2,1-3H3,(H,39,42)/b10-4+/t24-,26+,29-,31+,34-,37-/m0/s1. The lowest BCUT2D eigenvalue weighted by Crippen LogP contribution is -2.49. The van der Waals surface area contributed by atoms with E-state index in [4.69, 9.17) is 21.1 Å². The summed E-state index contributed by atoms with van der Waals surface area (Å²) >= 11 is 6.43. The second-order valence-electron chi connectivity index (χ2n) is 14.3. The van der Waals surface area contributed by atoms with Crippen LogP contribution in [0, 0.1) is 17.8 Å². The van der Waals surface area contributed by atoms with E-state index < -0.39 is 21.2 Å². The van der Waals surface area contributed by atoms with Crippen LogP contribution < -0.4 is 14.4 Å². The van der Waals surface area contributed by atoms with Crippen molar-refractivity contribution in [3.05, 3.63) is 70.3 Å². The predicted octanol–water partition coefficient (Wildman–Crippen LogP) is 6.64. The van der Waals surface area contributed by atoms with Crippen molar-refractivity contribution in [2.45, 2.75) is 88.9 Å². The zero-order valence-corrected chi connectivity index (χ0v) is 29.2. The molecule has 2 aromatic carbocycles. The first-order valence-electron chi connectivity index (χ1n) is 17.1. The van der Waals surface area contributed by atoms with E-state index in [0.717, 1.165) is 49.4 Å². The van der Waals surface area contributed by atoms with E-state index in [9.17, 15) is 18.0 Å². The molecule has 254 valence electrons. The third-order valence-electron chi connectivity index (χ3n) is 11.0. The number of ether oxygens (including phenoxy) is 2. The summed E-state index contributed by atoms with van der Waals surface area (Å²) in [6, 6.07) is 11.5. The fourth-order valence-corrected chi connectivity index (χ4v) is 9.34. The van der Waals surface area contributed by atoms with Crippen LogP contribution in [0.5, 0.6) is 5.75 Å². The number of hydrogen-bond donors (Lipinski definition) is 1. The van der Waals surface area contributed by atoms with Gasteiger partial charge in [-0.25, -0.2) is 13.1 Å². The fourth-order valence-electron chi connectivity index (χ4n) is 7.86. The number of fused-ring (bicyclic) bond motifs is 4. The summed E-state index contributed by atoms with van der Waals surface area (Å²) in [5.41, 5.74) is 3.35. The average Bonchev–Trinajstić information content (AvgIpc) is 3.16. The Kier molecular flexibility index (Phi) is 10.1.